The van der Waals surface area contributed by atoms with Gasteiger partial charge in [-0.25, -0.2) is 0 Å². The maximum Gasteiger partial charge on any atom is 0.276 e. The van der Waals surface area contributed by atoms with E-state index in [1.807, 2.05) is 20.8 Å². The predicted octanol–water partition coefficient (Wildman–Crippen LogP) is 3.59. The highest BCUT2D eigenvalue weighted by atomic mass is 32.2. The second kappa shape index (κ2) is 5.57. The van der Waals surface area contributed by atoms with E-state index < -0.39 is 10.5 Å². The van der Waals surface area contributed by atoms with Gasteiger partial charge in [-0.15, -0.1) is 0 Å². The molecule has 1 heterocycles. The van der Waals surface area contributed by atoms with Crippen molar-refractivity contribution < 1.29 is 9.72 Å². The third-order valence-corrected chi connectivity index (χ3v) is 4.19. The Morgan fingerprint density at radius 1 is 1.33 bits per heavy atom. The number of amides is 1. The molecule has 110 valence electrons. The third-order valence-electron chi connectivity index (χ3n) is 2.88. The molecule has 1 amide bonds. The van der Waals surface area contributed by atoms with E-state index in [1.54, 1.807) is 18.2 Å². The van der Waals surface area contributed by atoms with Crippen LogP contribution in [0.5, 0.6) is 0 Å². The van der Waals surface area contributed by atoms with E-state index in [0.717, 1.165) is 0 Å². The quantitative estimate of drug-likeness (QED) is 0.360. The number of rotatable bonds is 2. The molecule has 5 nitrogen and oxygen atoms in total. The molecule has 0 radical (unpaired) electrons. The summed E-state index contributed by atoms with van der Waals surface area (Å²) in [5.74, 6) is -0.212. The topological polar surface area (TPSA) is 63.5 Å². The van der Waals surface area contributed by atoms with E-state index in [4.69, 9.17) is 12.2 Å². The summed E-state index contributed by atoms with van der Waals surface area (Å²) < 4.78 is 0.470. The normalized spacial score (nSPS) is 17.7. The number of thiocarbonyl (C=S) groups is 1. The average molecular weight is 322 g/mol. The van der Waals surface area contributed by atoms with Crippen LogP contribution in [0.2, 0.25) is 0 Å². The largest absolute Gasteiger partial charge is 0.288 e. The molecule has 21 heavy (non-hydrogen) atoms. The highest BCUT2D eigenvalue weighted by molar-refractivity contribution is 8.26. The standard InChI is InChI=1S/C14H14N2O3S2/c1-14(2,3)15-12(17)11(21-13(15)20)8-9-6-4-5-7-10(9)16(18)19/h4-8H,1-3H3. The Labute approximate surface area is 132 Å². The van der Waals surface area contributed by atoms with Crippen LogP contribution in [0.15, 0.2) is 29.2 Å². The van der Waals surface area contributed by atoms with E-state index >= 15 is 0 Å². The molecule has 0 aliphatic carbocycles. The van der Waals surface area contributed by atoms with Crippen molar-refractivity contribution in [1.82, 2.24) is 4.90 Å². The first kappa shape index (κ1) is 15.7. The Hall–Kier alpha value is -1.73. The van der Waals surface area contributed by atoms with Crippen LogP contribution in [0.1, 0.15) is 26.3 Å². The van der Waals surface area contributed by atoms with Crippen LogP contribution < -0.4 is 0 Å². The van der Waals surface area contributed by atoms with Gasteiger partial charge < -0.3 is 0 Å². The zero-order chi connectivity index (χ0) is 15.8. The molecule has 7 heteroatoms. The van der Waals surface area contributed by atoms with Crippen molar-refractivity contribution >= 4 is 46.0 Å². The highest BCUT2D eigenvalue weighted by Crippen LogP contribution is 2.37. The summed E-state index contributed by atoms with van der Waals surface area (Å²) in [7, 11) is 0. The lowest BCUT2D eigenvalue weighted by Gasteiger charge is -2.30. The number of nitro benzene ring substituents is 1. The second-order valence-electron chi connectivity index (χ2n) is 5.50. The molecule has 1 aromatic rings. The molecule has 1 aliphatic heterocycles. The molecule has 1 saturated heterocycles. The molecule has 0 atom stereocenters. The minimum absolute atomic E-state index is 0.0291. The monoisotopic (exact) mass is 322 g/mol. The van der Waals surface area contributed by atoms with Gasteiger partial charge in [-0.3, -0.25) is 19.8 Å². The first-order valence-corrected chi connectivity index (χ1v) is 7.46. The summed E-state index contributed by atoms with van der Waals surface area (Å²) >= 11 is 6.41. The fourth-order valence-corrected chi connectivity index (χ4v) is 3.59. The van der Waals surface area contributed by atoms with E-state index in [1.165, 1.54) is 28.8 Å². The number of thioether (sulfide) groups is 1. The Morgan fingerprint density at radius 2 is 1.95 bits per heavy atom. The van der Waals surface area contributed by atoms with Crippen LogP contribution in [-0.2, 0) is 4.79 Å². The molecule has 0 N–H and O–H groups in total. The van der Waals surface area contributed by atoms with Gasteiger partial charge in [0.25, 0.3) is 11.6 Å². The van der Waals surface area contributed by atoms with Gasteiger partial charge in [0.15, 0.2) is 0 Å². The lowest BCUT2D eigenvalue weighted by atomic mass is 10.1. The van der Waals surface area contributed by atoms with Crippen LogP contribution in [0, 0.1) is 10.1 Å². The van der Waals surface area contributed by atoms with Gasteiger partial charge in [0, 0.05) is 11.6 Å². The van der Waals surface area contributed by atoms with Crippen molar-refractivity contribution in [3.8, 4) is 0 Å². The predicted molar refractivity (Wildman–Crippen MR) is 87.9 cm³/mol. The van der Waals surface area contributed by atoms with Crippen LogP contribution in [0.3, 0.4) is 0 Å². The lowest BCUT2D eigenvalue weighted by molar-refractivity contribution is -0.385. The van der Waals surface area contributed by atoms with Gasteiger partial charge in [-0.05, 0) is 32.9 Å². The third kappa shape index (κ3) is 3.14. The molecule has 0 saturated carbocycles. The highest BCUT2D eigenvalue weighted by Gasteiger charge is 2.39. The van der Waals surface area contributed by atoms with E-state index in [0.29, 0.717) is 14.8 Å². The molecule has 0 aromatic heterocycles. The molecule has 2 rings (SSSR count). The minimum Gasteiger partial charge on any atom is -0.288 e. The number of carbonyl (C=O) groups is 1. The SMILES string of the molecule is CC(C)(C)N1C(=O)C(=Cc2ccccc2[N+](=O)[O-])SC1=S. The van der Waals surface area contributed by atoms with E-state index in [2.05, 4.69) is 0 Å². The van der Waals surface area contributed by atoms with Gasteiger partial charge >= 0.3 is 0 Å². The number of nitro groups is 1. The second-order valence-corrected chi connectivity index (χ2v) is 7.18. The molecule has 1 fully saturated rings. The maximum atomic E-state index is 12.4. The van der Waals surface area contributed by atoms with Crippen LogP contribution in [0.25, 0.3) is 6.08 Å². The van der Waals surface area contributed by atoms with Crippen molar-refractivity contribution in [3.63, 3.8) is 0 Å². The first-order chi connectivity index (χ1) is 9.71. The molecule has 1 aliphatic rings. The fourth-order valence-electron chi connectivity index (χ4n) is 1.96. The summed E-state index contributed by atoms with van der Waals surface area (Å²) in [5, 5.41) is 11.0. The zero-order valence-corrected chi connectivity index (χ0v) is 13.5. The van der Waals surface area contributed by atoms with Crippen molar-refractivity contribution in [2.45, 2.75) is 26.3 Å². The lowest BCUT2D eigenvalue weighted by Crippen LogP contribution is -2.44. The van der Waals surface area contributed by atoms with Crippen molar-refractivity contribution in [3.05, 3.63) is 44.8 Å². The number of carbonyl (C=O) groups excluding carboxylic acids is 1. The Morgan fingerprint density at radius 3 is 2.48 bits per heavy atom. The number of benzene rings is 1. The van der Waals surface area contributed by atoms with Gasteiger partial charge in [0.05, 0.1) is 15.4 Å². The Bertz CT molecular complexity index is 662. The molecule has 0 spiro atoms. The van der Waals surface area contributed by atoms with Crippen molar-refractivity contribution in [2.24, 2.45) is 0 Å². The summed E-state index contributed by atoms with van der Waals surface area (Å²) in [6.45, 7) is 5.68. The summed E-state index contributed by atoms with van der Waals surface area (Å²) in [6, 6.07) is 6.32. The zero-order valence-electron chi connectivity index (χ0n) is 11.8. The van der Waals surface area contributed by atoms with Gasteiger partial charge in [-0.2, -0.15) is 0 Å². The summed E-state index contributed by atoms with van der Waals surface area (Å²) in [5.41, 5.74) is -0.0465. The molecular weight excluding hydrogens is 308 g/mol. The van der Waals surface area contributed by atoms with Crippen molar-refractivity contribution in [1.29, 1.82) is 0 Å². The van der Waals surface area contributed by atoms with Gasteiger partial charge in [0.2, 0.25) is 0 Å². The van der Waals surface area contributed by atoms with E-state index in [-0.39, 0.29) is 11.6 Å². The van der Waals surface area contributed by atoms with Gasteiger partial charge in [0.1, 0.15) is 4.32 Å². The Kier molecular flexibility index (Phi) is 4.15. The average Bonchev–Trinajstić information content (AvgIpc) is 2.64. The minimum atomic E-state index is -0.462. The van der Waals surface area contributed by atoms with Crippen molar-refractivity contribution in [2.75, 3.05) is 0 Å². The number of hydrogen-bond acceptors (Lipinski definition) is 5. The molecule has 1 aromatic carbocycles. The number of nitrogens with zero attached hydrogens (tertiary/aromatic N) is 2. The smallest absolute Gasteiger partial charge is 0.276 e. The maximum absolute atomic E-state index is 12.4. The summed E-state index contributed by atoms with van der Waals surface area (Å²) in [4.78, 5) is 24.9. The van der Waals surface area contributed by atoms with E-state index in [9.17, 15) is 14.9 Å². The van der Waals surface area contributed by atoms with Crippen LogP contribution in [-0.4, -0.2) is 25.6 Å². The fraction of sp³-hybridized carbons (Fsp3) is 0.286. The Balaban J connectivity index is 2.43. The summed E-state index contributed by atoms with van der Waals surface area (Å²) in [6.07, 6.45) is 1.53. The molecule has 0 bridgehead atoms. The van der Waals surface area contributed by atoms with Crippen LogP contribution in [0.4, 0.5) is 5.69 Å². The van der Waals surface area contributed by atoms with Gasteiger partial charge in [-0.1, -0.05) is 36.1 Å². The van der Waals surface area contributed by atoms with Crippen LogP contribution >= 0.6 is 24.0 Å². The first-order valence-electron chi connectivity index (χ1n) is 6.23. The number of para-hydroxylation sites is 1. The molecular formula is C14H14N2O3S2. The molecule has 0 unspecified atom stereocenters. The number of hydrogen-bond donors (Lipinski definition) is 0.